The van der Waals surface area contributed by atoms with Crippen molar-refractivity contribution in [3.05, 3.63) is 119 Å². The van der Waals surface area contributed by atoms with Crippen LogP contribution in [0.2, 0.25) is 0 Å². The van der Waals surface area contributed by atoms with Crippen LogP contribution in [0, 0.1) is 0 Å². The van der Waals surface area contributed by atoms with E-state index < -0.39 is 0 Å². The minimum atomic E-state index is 0.178. The normalized spacial score (nSPS) is 18.3. The highest BCUT2D eigenvalue weighted by Gasteiger charge is 2.32. The van der Waals surface area contributed by atoms with Gasteiger partial charge in [-0.1, -0.05) is 62.4 Å². The van der Waals surface area contributed by atoms with Crippen LogP contribution in [0.25, 0.3) is 0 Å². The minimum absolute atomic E-state index is 0.178. The van der Waals surface area contributed by atoms with Crippen LogP contribution in [-0.2, 0) is 29.1 Å². The Morgan fingerprint density at radius 2 is 1.71 bits per heavy atom. The molecule has 0 spiro atoms. The molecule has 3 aliphatic rings. The monoisotopic (exact) mass is 789 g/mol. The molecule has 1 saturated heterocycles. The van der Waals surface area contributed by atoms with Crippen molar-refractivity contribution in [2.45, 2.75) is 115 Å². The van der Waals surface area contributed by atoms with Gasteiger partial charge in [-0.3, -0.25) is 19.6 Å². The maximum atomic E-state index is 12.8. The molecule has 58 heavy (non-hydrogen) atoms. The number of ether oxygens (including phenoxy) is 1. The van der Waals surface area contributed by atoms with Crippen molar-refractivity contribution >= 4 is 24.4 Å². The number of benzene rings is 2. The molecular weight excluding hydrogens is 727 g/mol. The number of carbonyl (C=O) groups is 3. The summed E-state index contributed by atoms with van der Waals surface area (Å²) in [5, 5.41) is 12.7. The van der Waals surface area contributed by atoms with E-state index in [1.54, 1.807) is 7.05 Å². The predicted octanol–water partition coefficient (Wildman–Crippen LogP) is 8.17. The van der Waals surface area contributed by atoms with Crippen molar-refractivity contribution in [2.75, 3.05) is 32.5 Å². The number of piperidine rings is 1. The van der Waals surface area contributed by atoms with Gasteiger partial charge in [0.1, 0.15) is 18.2 Å². The van der Waals surface area contributed by atoms with Gasteiger partial charge in [0.05, 0.1) is 0 Å². The Morgan fingerprint density at radius 3 is 2.36 bits per heavy atom. The second-order valence-electron chi connectivity index (χ2n) is 16.0. The van der Waals surface area contributed by atoms with Gasteiger partial charge in [-0.05, 0) is 111 Å². The molecule has 2 aromatic heterocycles. The first kappa shape index (κ1) is 43.8. The average Bonchev–Trinajstić information content (AvgIpc) is 4.00. The van der Waals surface area contributed by atoms with Gasteiger partial charge >= 0.3 is 0 Å². The van der Waals surface area contributed by atoms with Gasteiger partial charge in [-0.25, -0.2) is 4.98 Å². The van der Waals surface area contributed by atoms with Crippen molar-refractivity contribution in [3.8, 4) is 5.88 Å². The van der Waals surface area contributed by atoms with Crippen LogP contribution in [0.3, 0.4) is 0 Å². The summed E-state index contributed by atoms with van der Waals surface area (Å²) in [6.07, 6.45) is 13.4. The van der Waals surface area contributed by atoms with E-state index in [4.69, 9.17) is 9.53 Å². The summed E-state index contributed by atoms with van der Waals surface area (Å²) in [6.45, 7) is 14.2. The van der Waals surface area contributed by atoms with Crippen LogP contribution < -0.4 is 15.4 Å². The lowest BCUT2D eigenvalue weighted by Crippen LogP contribution is -2.33. The fraction of sp³-hybridized carbons (Fsp3) is 0.468. The zero-order valence-electron chi connectivity index (χ0n) is 35.1. The molecule has 3 N–H and O–H groups in total. The Labute approximate surface area is 345 Å². The lowest BCUT2D eigenvalue weighted by molar-refractivity contribution is -0.109. The van der Waals surface area contributed by atoms with Gasteiger partial charge in [0.25, 0.3) is 5.91 Å². The van der Waals surface area contributed by atoms with E-state index in [0.717, 1.165) is 100 Å². The average molecular weight is 790 g/mol. The van der Waals surface area contributed by atoms with Crippen molar-refractivity contribution in [2.24, 2.45) is 0 Å². The molecule has 3 atom stereocenters. The highest BCUT2D eigenvalue weighted by atomic mass is 16.5. The van der Waals surface area contributed by atoms with E-state index in [1.807, 2.05) is 30.3 Å². The number of nitrogens with zero attached hydrogens (tertiary/aromatic N) is 4. The van der Waals surface area contributed by atoms with Crippen LogP contribution in [0.1, 0.15) is 127 Å². The summed E-state index contributed by atoms with van der Waals surface area (Å²) in [5.41, 5.74) is 8.22. The third kappa shape index (κ3) is 11.9. The van der Waals surface area contributed by atoms with E-state index in [1.165, 1.54) is 27.9 Å². The van der Waals surface area contributed by atoms with Gasteiger partial charge < -0.3 is 25.1 Å². The number of H-pyrrole nitrogens is 1. The summed E-state index contributed by atoms with van der Waals surface area (Å²) < 4.78 is 6.19. The van der Waals surface area contributed by atoms with Gasteiger partial charge in [-0.15, -0.1) is 6.58 Å². The minimum Gasteiger partial charge on any atom is -0.474 e. The Bertz CT molecular complexity index is 1920. The van der Waals surface area contributed by atoms with Crippen LogP contribution in [0.5, 0.6) is 5.88 Å². The molecule has 0 bridgehead atoms. The molecule has 2 fully saturated rings. The molecule has 2 aromatic carbocycles. The Balaban J connectivity index is 0.000000214. The quantitative estimate of drug-likeness (QED) is 0.0812. The fourth-order valence-corrected chi connectivity index (χ4v) is 8.15. The number of aldehydes is 1. The molecular formula is C47H63N7O4. The standard InChI is InChI=1S/C28H34N2O2.C17H24N4O.C2H5NO/c1-3-4-5-21(2)30-20-26-18-25(10-11-27(26)28(30)32)24-12-15-29(16-13-24)19-23-8-6-22(7-9-23)14-17-31;1-11(2)14-5-4-8-19-17(14)22-13-7-6-12(9-13)15-10-16(18-3)21-20-15;1-3-2-4/h3,6-11,17-18,21,24H,1,4-5,12-16,19-20H2,2H3;4-5,8,10-13H,6-7,9H2,1-3H3,(H2,18,20,21);2H,1H3,(H,3,4). The van der Waals surface area contributed by atoms with Crippen molar-refractivity contribution in [1.29, 1.82) is 0 Å². The number of nitrogens with one attached hydrogen (secondary N) is 3. The molecule has 7 rings (SSSR count). The lowest BCUT2D eigenvalue weighted by Gasteiger charge is -2.32. The van der Waals surface area contributed by atoms with Crippen molar-refractivity contribution in [3.63, 3.8) is 0 Å². The van der Waals surface area contributed by atoms with E-state index in [2.05, 4.69) is 113 Å². The first-order chi connectivity index (χ1) is 28.2. The van der Waals surface area contributed by atoms with E-state index in [9.17, 15) is 9.59 Å². The van der Waals surface area contributed by atoms with Gasteiger partial charge in [0.15, 0.2) is 0 Å². The molecule has 310 valence electrons. The zero-order valence-corrected chi connectivity index (χ0v) is 35.1. The van der Waals surface area contributed by atoms with Crippen molar-refractivity contribution in [1.82, 2.24) is 30.3 Å². The summed E-state index contributed by atoms with van der Waals surface area (Å²) in [4.78, 5) is 41.5. The lowest BCUT2D eigenvalue weighted by atomic mass is 9.87. The maximum Gasteiger partial charge on any atom is 0.254 e. The number of fused-ring (bicyclic) bond motifs is 1. The molecule has 4 aromatic rings. The molecule has 3 unspecified atom stereocenters. The molecule has 11 heteroatoms. The van der Waals surface area contributed by atoms with Gasteiger partial charge in [0, 0.05) is 74.6 Å². The van der Waals surface area contributed by atoms with E-state index >= 15 is 0 Å². The Hall–Kier alpha value is -5.29. The number of pyridine rings is 1. The number of aromatic nitrogens is 3. The van der Waals surface area contributed by atoms with E-state index in [-0.39, 0.29) is 18.1 Å². The molecule has 2 amide bonds. The highest BCUT2D eigenvalue weighted by molar-refractivity contribution is 5.98. The first-order valence-electron chi connectivity index (χ1n) is 20.9. The van der Waals surface area contributed by atoms with Gasteiger partial charge in [-0.2, -0.15) is 5.10 Å². The SMILES string of the molecule is C=CCCC(C)N1Cc2cc(C3CCN(Cc4ccc(CC=O)cc4)CC3)ccc2C1=O.CNC=O.CNc1cc(C2CCC(Oc3ncccc3C(C)C)C2)[nH]n1. The molecule has 2 aliphatic heterocycles. The largest absolute Gasteiger partial charge is 0.474 e. The van der Waals surface area contributed by atoms with Crippen molar-refractivity contribution < 1.29 is 19.1 Å². The number of rotatable bonds is 15. The van der Waals surface area contributed by atoms with Crippen LogP contribution in [0.4, 0.5) is 5.82 Å². The number of allylic oxidation sites excluding steroid dienone is 1. The number of anilines is 1. The molecule has 0 radical (unpaired) electrons. The van der Waals surface area contributed by atoms with Crippen LogP contribution in [0.15, 0.2) is 79.5 Å². The third-order valence-electron chi connectivity index (χ3n) is 11.6. The summed E-state index contributed by atoms with van der Waals surface area (Å²) in [5.74, 6) is 3.35. The molecule has 11 nitrogen and oxygen atoms in total. The number of carbonyl (C=O) groups excluding carboxylic acids is 3. The molecule has 1 aliphatic carbocycles. The van der Waals surface area contributed by atoms with E-state index in [0.29, 0.717) is 30.6 Å². The zero-order chi connectivity index (χ0) is 41.4. The highest BCUT2D eigenvalue weighted by Crippen LogP contribution is 2.37. The first-order valence-corrected chi connectivity index (χ1v) is 20.9. The van der Waals surface area contributed by atoms with Gasteiger partial charge in [0.2, 0.25) is 12.3 Å². The fourth-order valence-electron chi connectivity index (χ4n) is 8.15. The Morgan fingerprint density at radius 1 is 0.966 bits per heavy atom. The predicted molar refractivity (Wildman–Crippen MR) is 231 cm³/mol. The number of hydrogen-bond donors (Lipinski definition) is 3. The number of hydrogen-bond acceptors (Lipinski definition) is 8. The number of likely N-dealkylation sites (tertiary alicyclic amines) is 1. The summed E-state index contributed by atoms with van der Waals surface area (Å²) in [6, 6.07) is 21.3. The smallest absolute Gasteiger partial charge is 0.254 e. The number of aromatic amines is 1. The second kappa shape index (κ2) is 22.0. The Kier molecular flexibility index (Phi) is 16.6. The maximum absolute atomic E-state index is 12.8. The summed E-state index contributed by atoms with van der Waals surface area (Å²) >= 11 is 0. The summed E-state index contributed by atoms with van der Waals surface area (Å²) in [7, 11) is 3.45. The molecule has 4 heterocycles. The van der Waals surface area contributed by atoms with Crippen LogP contribution in [-0.4, -0.2) is 82.9 Å². The molecule has 1 saturated carbocycles. The number of amides is 2. The third-order valence-corrected chi connectivity index (χ3v) is 11.6. The van der Waals surface area contributed by atoms with Crippen LogP contribution >= 0.6 is 0 Å². The topological polar surface area (TPSA) is 133 Å². The second-order valence-corrected chi connectivity index (χ2v) is 16.0.